The molecule has 0 atom stereocenters. The maximum absolute atomic E-state index is 12.6. The number of ether oxygens (including phenoxy) is 2. The normalized spacial score (nSPS) is 12.6. The fraction of sp³-hybridized carbons (Fsp3) is 0.268. The maximum Gasteiger partial charge on any atom is 0.338 e. The summed E-state index contributed by atoms with van der Waals surface area (Å²) in [4.78, 5) is 25.2. The summed E-state index contributed by atoms with van der Waals surface area (Å²) in [5.74, 6) is 0.292. The Morgan fingerprint density at radius 2 is 1.02 bits per heavy atom. The highest BCUT2D eigenvalue weighted by molar-refractivity contribution is 5.90. The van der Waals surface area contributed by atoms with Crippen LogP contribution in [0.15, 0.2) is 109 Å². The Morgan fingerprint density at radius 1 is 0.622 bits per heavy atom. The van der Waals surface area contributed by atoms with Crippen LogP contribution < -0.4 is 9.47 Å². The Morgan fingerprint density at radius 3 is 1.40 bits per heavy atom. The van der Waals surface area contributed by atoms with Gasteiger partial charge in [-0.15, -0.1) is 0 Å². The highest BCUT2D eigenvalue weighted by Gasteiger charge is 2.46. The summed E-state index contributed by atoms with van der Waals surface area (Å²) in [6.45, 7) is 15.2. The van der Waals surface area contributed by atoms with Gasteiger partial charge in [0.2, 0.25) is 0 Å². The fourth-order valence-electron chi connectivity index (χ4n) is 6.35. The average molecular weight is 599 g/mol. The van der Waals surface area contributed by atoms with Crippen molar-refractivity contribution >= 4 is 11.9 Å². The van der Waals surface area contributed by atoms with Gasteiger partial charge in [-0.2, -0.15) is 0 Å². The Labute approximate surface area is 267 Å². The van der Waals surface area contributed by atoms with Crippen LogP contribution in [0.1, 0.15) is 86.8 Å². The van der Waals surface area contributed by atoms with Crippen LogP contribution >= 0.6 is 0 Å². The molecule has 4 heteroatoms. The monoisotopic (exact) mass is 598 g/mol. The number of carbonyl (C=O) groups is 2. The highest BCUT2D eigenvalue weighted by Crippen LogP contribution is 2.56. The molecule has 0 aliphatic heterocycles. The molecule has 4 nitrogen and oxygen atoms in total. The van der Waals surface area contributed by atoms with Crippen LogP contribution in [0.3, 0.4) is 0 Å². The number of fused-ring (bicyclic) bond motifs is 3. The second-order valence-corrected chi connectivity index (χ2v) is 12.0. The SMILES string of the molecule is C=C(C)C(=O)Oc1ccc(C2(c3ccc(OC(=O)C(=C)C)c(CCCC)c3)c3ccccc3-c3ccccc32)cc1CCCC. The summed E-state index contributed by atoms with van der Waals surface area (Å²) >= 11 is 0. The first kappa shape index (κ1) is 31.7. The lowest BCUT2D eigenvalue weighted by Gasteiger charge is -2.35. The molecule has 0 saturated carbocycles. The predicted octanol–water partition coefficient (Wildman–Crippen LogP) is 9.70. The van der Waals surface area contributed by atoms with Crippen LogP contribution in [-0.2, 0) is 27.8 Å². The van der Waals surface area contributed by atoms with E-state index in [2.05, 4.69) is 99.8 Å². The molecule has 4 aromatic rings. The molecule has 0 heterocycles. The van der Waals surface area contributed by atoms with Crippen LogP contribution in [0.25, 0.3) is 11.1 Å². The quantitative estimate of drug-likeness (QED) is 0.0815. The minimum absolute atomic E-state index is 0.364. The van der Waals surface area contributed by atoms with Crippen molar-refractivity contribution in [2.45, 2.75) is 71.6 Å². The molecular weight excluding hydrogens is 556 g/mol. The third-order valence-corrected chi connectivity index (χ3v) is 8.64. The number of rotatable bonds is 12. The molecule has 0 unspecified atom stereocenters. The second kappa shape index (κ2) is 13.5. The van der Waals surface area contributed by atoms with Crippen molar-refractivity contribution in [2.75, 3.05) is 0 Å². The maximum atomic E-state index is 12.6. The molecule has 0 aromatic heterocycles. The van der Waals surface area contributed by atoms with Crippen molar-refractivity contribution in [1.82, 2.24) is 0 Å². The van der Waals surface area contributed by atoms with E-state index in [4.69, 9.17) is 9.47 Å². The highest BCUT2D eigenvalue weighted by atomic mass is 16.5. The molecule has 0 saturated heterocycles. The number of hydrogen-bond acceptors (Lipinski definition) is 4. The van der Waals surface area contributed by atoms with Crippen molar-refractivity contribution in [1.29, 1.82) is 0 Å². The fourth-order valence-corrected chi connectivity index (χ4v) is 6.35. The number of hydrogen-bond donors (Lipinski definition) is 0. The van der Waals surface area contributed by atoms with Crippen molar-refractivity contribution < 1.29 is 19.1 Å². The lowest BCUT2D eigenvalue weighted by Crippen LogP contribution is -2.29. The summed E-state index contributed by atoms with van der Waals surface area (Å²) in [5.41, 5.74) is 8.99. The molecule has 0 bridgehead atoms. The van der Waals surface area contributed by atoms with Gasteiger partial charge in [0.25, 0.3) is 0 Å². The smallest absolute Gasteiger partial charge is 0.338 e. The van der Waals surface area contributed by atoms with Crippen LogP contribution in [0.2, 0.25) is 0 Å². The molecule has 0 radical (unpaired) electrons. The number of benzene rings is 4. The molecule has 5 rings (SSSR count). The van der Waals surface area contributed by atoms with Crippen molar-refractivity contribution in [3.63, 3.8) is 0 Å². The Balaban J connectivity index is 1.80. The molecule has 4 aromatic carbocycles. The summed E-state index contributed by atoms with van der Waals surface area (Å²) in [5, 5.41) is 0. The van der Waals surface area contributed by atoms with E-state index in [1.807, 2.05) is 12.1 Å². The van der Waals surface area contributed by atoms with E-state index in [0.717, 1.165) is 60.8 Å². The number of carbonyl (C=O) groups excluding carboxylic acids is 2. The van der Waals surface area contributed by atoms with Crippen LogP contribution in [0.5, 0.6) is 11.5 Å². The number of esters is 2. The summed E-state index contributed by atoms with van der Waals surface area (Å²) in [6.07, 6.45) is 5.51. The molecule has 1 aliphatic carbocycles. The topological polar surface area (TPSA) is 52.6 Å². The zero-order valence-electron chi connectivity index (χ0n) is 26.9. The third kappa shape index (κ3) is 6.02. The lowest BCUT2D eigenvalue weighted by molar-refractivity contribution is -0.131. The Kier molecular flexibility index (Phi) is 9.53. The first-order valence-electron chi connectivity index (χ1n) is 15.9. The van der Waals surface area contributed by atoms with Crippen molar-refractivity contribution in [2.24, 2.45) is 0 Å². The first-order valence-corrected chi connectivity index (χ1v) is 15.9. The van der Waals surface area contributed by atoms with Gasteiger partial charge in [0, 0.05) is 11.1 Å². The summed E-state index contributed by atoms with van der Waals surface area (Å²) < 4.78 is 11.7. The molecule has 1 aliphatic rings. The van der Waals surface area contributed by atoms with E-state index in [0.29, 0.717) is 22.6 Å². The Hall–Kier alpha value is -4.70. The molecule has 0 N–H and O–H groups in total. The van der Waals surface area contributed by atoms with Gasteiger partial charge in [-0.05, 0) is 96.2 Å². The molecule has 0 amide bonds. The number of unbranched alkanes of at least 4 members (excludes halogenated alkanes) is 2. The zero-order chi connectivity index (χ0) is 32.1. The van der Waals surface area contributed by atoms with Gasteiger partial charge < -0.3 is 9.47 Å². The lowest BCUT2D eigenvalue weighted by atomic mass is 9.67. The van der Waals surface area contributed by atoms with E-state index < -0.39 is 17.4 Å². The van der Waals surface area contributed by atoms with E-state index >= 15 is 0 Å². The van der Waals surface area contributed by atoms with Gasteiger partial charge in [0.1, 0.15) is 11.5 Å². The molecule has 45 heavy (non-hydrogen) atoms. The van der Waals surface area contributed by atoms with Crippen LogP contribution in [-0.4, -0.2) is 11.9 Å². The van der Waals surface area contributed by atoms with Gasteiger partial charge in [-0.3, -0.25) is 0 Å². The van der Waals surface area contributed by atoms with Gasteiger partial charge in [-0.1, -0.05) is 113 Å². The third-order valence-electron chi connectivity index (χ3n) is 8.64. The minimum atomic E-state index is -0.650. The summed E-state index contributed by atoms with van der Waals surface area (Å²) in [7, 11) is 0. The van der Waals surface area contributed by atoms with Gasteiger partial charge >= 0.3 is 11.9 Å². The zero-order valence-corrected chi connectivity index (χ0v) is 26.9. The molecule has 0 spiro atoms. The van der Waals surface area contributed by atoms with Crippen LogP contribution in [0, 0.1) is 0 Å². The van der Waals surface area contributed by atoms with Gasteiger partial charge in [0.15, 0.2) is 0 Å². The van der Waals surface area contributed by atoms with Crippen molar-refractivity contribution in [3.8, 4) is 22.6 Å². The standard InChI is InChI=1S/C41H42O4/c1-7-9-15-29-25-31(21-23-37(29)44-39(42)27(3)4)41(35-19-13-11-17-33(35)34-18-12-14-20-36(34)41)32-22-24-38(45-40(43)28(5)6)30(26-32)16-10-8-2/h11-14,17-26H,3,5,7-10,15-16H2,1-2,4,6H3. The molecule has 230 valence electrons. The molecule has 0 fully saturated rings. The molecular formula is C41H42O4. The van der Waals surface area contributed by atoms with Gasteiger partial charge in [-0.25, -0.2) is 9.59 Å². The second-order valence-electron chi connectivity index (χ2n) is 12.0. The first-order chi connectivity index (χ1) is 21.7. The van der Waals surface area contributed by atoms with E-state index in [1.54, 1.807) is 13.8 Å². The van der Waals surface area contributed by atoms with E-state index in [9.17, 15) is 9.59 Å². The minimum Gasteiger partial charge on any atom is -0.423 e. The van der Waals surface area contributed by atoms with E-state index in [-0.39, 0.29) is 0 Å². The largest absolute Gasteiger partial charge is 0.423 e. The van der Waals surface area contributed by atoms with E-state index in [1.165, 1.54) is 22.3 Å². The van der Waals surface area contributed by atoms with Gasteiger partial charge in [0.05, 0.1) is 5.41 Å². The number of aryl methyl sites for hydroxylation is 2. The summed E-state index contributed by atoms with van der Waals surface area (Å²) in [6, 6.07) is 29.7. The van der Waals surface area contributed by atoms with Crippen LogP contribution in [0.4, 0.5) is 0 Å². The van der Waals surface area contributed by atoms with Crippen molar-refractivity contribution in [3.05, 3.63) is 143 Å². The average Bonchev–Trinajstić information content (AvgIpc) is 3.34. The Bertz CT molecular complexity index is 1650. The predicted molar refractivity (Wildman–Crippen MR) is 182 cm³/mol.